The van der Waals surface area contributed by atoms with Gasteiger partial charge in [0.1, 0.15) is 6.61 Å². The van der Waals surface area contributed by atoms with E-state index in [1.54, 1.807) is 4.90 Å². The van der Waals surface area contributed by atoms with E-state index in [9.17, 15) is 4.79 Å². The molecule has 0 saturated carbocycles. The summed E-state index contributed by atoms with van der Waals surface area (Å²) < 4.78 is 5.36. The van der Waals surface area contributed by atoms with Gasteiger partial charge in [-0.15, -0.1) is 0 Å². The number of carbonyl (C=O) groups is 1. The number of hydrogen-bond acceptors (Lipinski definition) is 3. The minimum Gasteiger partial charge on any atom is -0.445 e. The Kier molecular flexibility index (Phi) is 5.21. The van der Waals surface area contributed by atoms with Gasteiger partial charge >= 0.3 is 6.09 Å². The normalized spacial score (nSPS) is 18.3. The molecule has 1 aliphatic heterocycles. The third-order valence-corrected chi connectivity index (χ3v) is 3.49. The number of nitrogens with zero attached hydrogens (tertiary/aromatic N) is 1. The van der Waals surface area contributed by atoms with E-state index in [2.05, 4.69) is 5.32 Å². The minimum absolute atomic E-state index is 0.210. The van der Waals surface area contributed by atoms with Crippen LogP contribution in [-0.4, -0.2) is 37.2 Å². The van der Waals surface area contributed by atoms with Gasteiger partial charge in [0.05, 0.1) is 0 Å². The Bertz CT molecular complexity index is 388. The fraction of sp³-hybridized carbons (Fsp3) is 0.533. The molecule has 2 rings (SSSR count). The first kappa shape index (κ1) is 13.9. The second-order valence-corrected chi connectivity index (χ2v) is 4.94. The molecule has 0 spiro atoms. The Morgan fingerprint density at radius 1 is 1.42 bits per heavy atom. The molecule has 1 N–H and O–H groups in total. The summed E-state index contributed by atoms with van der Waals surface area (Å²) in [7, 11) is 0. The molecule has 1 aliphatic rings. The number of nitrogens with one attached hydrogen (secondary N) is 1. The van der Waals surface area contributed by atoms with Crippen LogP contribution >= 0.6 is 0 Å². The molecule has 0 radical (unpaired) electrons. The number of benzene rings is 1. The van der Waals surface area contributed by atoms with Gasteiger partial charge in [0, 0.05) is 13.1 Å². The molecule has 1 heterocycles. The predicted molar refractivity (Wildman–Crippen MR) is 74.9 cm³/mol. The van der Waals surface area contributed by atoms with E-state index in [4.69, 9.17) is 4.74 Å². The lowest BCUT2D eigenvalue weighted by Crippen LogP contribution is -2.36. The van der Waals surface area contributed by atoms with Gasteiger partial charge in [0.2, 0.25) is 0 Å². The maximum absolute atomic E-state index is 12.0. The smallest absolute Gasteiger partial charge is 0.410 e. The van der Waals surface area contributed by atoms with Crippen LogP contribution in [0.3, 0.4) is 0 Å². The van der Waals surface area contributed by atoms with Gasteiger partial charge in [-0.1, -0.05) is 30.3 Å². The fourth-order valence-electron chi connectivity index (χ4n) is 2.33. The van der Waals surface area contributed by atoms with Gasteiger partial charge in [-0.2, -0.15) is 0 Å². The molecule has 0 aliphatic carbocycles. The molecule has 104 valence electrons. The van der Waals surface area contributed by atoms with E-state index in [1.165, 1.54) is 0 Å². The van der Waals surface area contributed by atoms with Crippen molar-refractivity contribution in [1.29, 1.82) is 0 Å². The van der Waals surface area contributed by atoms with E-state index in [-0.39, 0.29) is 6.09 Å². The van der Waals surface area contributed by atoms with Crippen molar-refractivity contribution in [2.75, 3.05) is 26.2 Å². The van der Waals surface area contributed by atoms with Crippen molar-refractivity contribution in [3.8, 4) is 0 Å². The van der Waals surface area contributed by atoms with E-state index in [0.29, 0.717) is 19.1 Å². The molecule has 0 aromatic heterocycles. The third-order valence-electron chi connectivity index (χ3n) is 3.49. The van der Waals surface area contributed by atoms with Crippen LogP contribution in [0.25, 0.3) is 0 Å². The molecule has 1 saturated heterocycles. The first-order valence-corrected chi connectivity index (χ1v) is 6.96. The third kappa shape index (κ3) is 4.24. The zero-order valence-electron chi connectivity index (χ0n) is 11.5. The lowest BCUT2D eigenvalue weighted by atomic mass is 10.1. The molecule has 4 heteroatoms. The lowest BCUT2D eigenvalue weighted by Gasteiger charge is -2.23. The fourth-order valence-corrected chi connectivity index (χ4v) is 2.33. The van der Waals surface area contributed by atoms with E-state index in [0.717, 1.165) is 31.6 Å². The van der Waals surface area contributed by atoms with Crippen LogP contribution in [0.2, 0.25) is 0 Å². The minimum atomic E-state index is -0.210. The highest BCUT2D eigenvalue weighted by molar-refractivity contribution is 5.67. The topological polar surface area (TPSA) is 41.6 Å². The van der Waals surface area contributed by atoms with Crippen molar-refractivity contribution < 1.29 is 9.53 Å². The zero-order valence-corrected chi connectivity index (χ0v) is 11.5. The van der Waals surface area contributed by atoms with E-state index >= 15 is 0 Å². The number of hydrogen-bond donors (Lipinski definition) is 1. The summed E-state index contributed by atoms with van der Waals surface area (Å²) in [5.74, 6) is 0.559. The summed E-state index contributed by atoms with van der Waals surface area (Å²) in [4.78, 5) is 13.8. The van der Waals surface area contributed by atoms with Crippen molar-refractivity contribution in [2.24, 2.45) is 5.92 Å². The van der Waals surface area contributed by atoms with Crippen molar-refractivity contribution in [3.63, 3.8) is 0 Å². The molecule has 4 nitrogen and oxygen atoms in total. The summed E-state index contributed by atoms with van der Waals surface area (Å²) in [5, 5.41) is 3.32. The maximum Gasteiger partial charge on any atom is 0.410 e. The van der Waals surface area contributed by atoms with Gasteiger partial charge in [-0.25, -0.2) is 4.79 Å². The molecule has 19 heavy (non-hydrogen) atoms. The van der Waals surface area contributed by atoms with Gasteiger partial charge in [-0.3, -0.25) is 0 Å². The Morgan fingerprint density at radius 2 is 2.21 bits per heavy atom. The van der Waals surface area contributed by atoms with Crippen LogP contribution in [-0.2, 0) is 11.3 Å². The Labute approximate surface area is 114 Å². The lowest BCUT2D eigenvalue weighted by molar-refractivity contribution is 0.0932. The molecule has 1 aromatic carbocycles. The molecule has 0 unspecified atom stereocenters. The second kappa shape index (κ2) is 7.14. The average Bonchev–Trinajstić information content (AvgIpc) is 2.96. The van der Waals surface area contributed by atoms with E-state index in [1.807, 2.05) is 37.3 Å². The molecule has 1 amide bonds. The SMILES string of the molecule is CCN(C[C@@H]1CCNC1)C(=O)OCc1ccccc1. The van der Waals surface area contributed by atoms with Crippen molar-refractivity contribution in [2.45, 2.75) is 20.0 Å². The number of amides is 1. The highest BCUT2D eigenvalue weighted by Crippen LogP contribution is 2.11. The van der Waals surface area contributed by atoms with Crippen molar-refractivity contribution in [3.05, 3.63) is 35.9 Å². The largest absolute Gasteiger partial charge is 0.445 e. The summed E-state index contributed by atoms with van der Waals surface area (Å²) in [5.41, 5.74) is 1.02. The first-order valence-electron chi connectivity index (χ1n) is 6.96. The van der Waals surface area contributed by atoms with Crippen molar-refractivity contribution in [1.82, 2.24) is 10.2 Å². The summed E-state index contributed by atoms with van der Waals surface area (Å²) in [6, 6.07) is 9.78. The summed E-state index contributed by atoms with van der Waals surface area (Å²) in [6.07, 6.45) is 0.931. The van der Waals surface area contributed by atoms with Crippen LogP contribution in [0.4, 0.5) is 4.79 Å². The predicted octanol–water partition coefficient (Wildman–Crippen LogP) is 2.25. The molecule has 1 aromatic rings. The number of ether oxygens (including phenoxy) is 1. The van der Waals surface area contributed by atoms with Crippen LogP contribution in [0.15, 0.2) is 30.3 Å². The molecule has 1 fully saturated rings. The Balaban J connectivity index is 1.79. The summed E-state index contributed by atoms with van der Waals surface area (Å²) in [6.45, 7) is 5.89. The van der Waals surface area contributed by atoms with Gasteiger partial charge in [0.25, 0.3) is 0 Å². The standard InChI is InChI=1S/C15H22N2O2/c1-2-17(11-14-8-9-16-10-14)15(18)19-12-13-6-4-3-5-7-13/h3-7,14,16H,2,8-12H2,1H3/t14-/m1/s1. The molecular weight excluding hydrogens is 240 g/mol. The van der Waals surface area contributed by atoms with Crippen LogP contribution in [0.1, 0.15) is 18.9 Å². The van der Waals surface area contributed by atoms with Crippen molar-refractivity contribution >= 4 is 6.09 Å². The van der Waals surface area contributed by atoms with Gasteiger partial charge in [0.15, 0.2) is 0 Å². The number of carbonyl (C=O) groups excluding carboxylic acids is 1. The van der Waals surface area contributed by atoms with Gasteiger partial charge < -0.3 is 15.0 Å². The van der Waals surface area contributed by atoms with Crippen LogP contribution in [0.5, 0.6) is 0 Å². The molecular formula is C15H22N2O2. The maximum atomic E-state index is 12.0. The van der Waals surface area contributed by atoms with Crippen LogP contribution in [0, 0.1) is 5.92 Å². The quantitative estimate of drug-likeness (QED) is 0.885. The van der Waals surface area contributed by atoms with Crippen LogP contribution < -0.4 is 5.32 Å². The molecule has 1 atom stereocenters. The Hall–Kier alpha value is -1.55. The summed E-state index contributed by atoms with van der Waals surface area (Å²) >= 11 is 0. The highest BCUT2D eigenvalue weighted by Gasteiger charge is 2.21. The second-order valence-electron chi connectivity index (χ2n) is 4.94. The average molecular weight is 262 g/mol. The monoisotopic (exact) mass is 262 g/mol. The van der Waals surface area contributed by atoms with E-state index < -0.39 is 0 Å². The first-order chi connectivity index (χ1) is 9.29. The van der Waals surface area contributed by atoms with Gasteiger partial charge in [-0.05, 0) is 37.9 Å². The zero-order chi connectivity index (χ0) is 13.5. The highest BCUT2D eigenvalue weighted by atomic mass is 16.6. The Morgan fingerprint density at radius 3 is 2.84 bits per heavy atom. The number of rotatable bonds is 5. The molecule has 0 bridgehead atoms.